The number of oxime groups is 1. The van der Waals surface area contributed by atoms with Gasteiger partial charge in [0.05, 0.1) is 23.0 Å². The number of benzene rings is 2. The van der Waals surface area contributed by atoms with E-state index in [0.717, 1.165) is 18.2 Å². The number of ketones is 1. The Morgan fingerprint density at radius 1 is 1.20 bits per heavy atom. The molecule has 3 rings (SSSR count). The van der Waals surface area contributed by atoms with Crippen molar-refractivity contribution in [3.63, 3.8) is 0 Å². The molecular formula is C20H14Cl3F3N2O2. The van der Waals surface area contributed by atoms with Crippen molar-refractivity contribution >= 4 is 52.0 Å². The first kappa shape index (κ1) is 22.5. The van der Waals surface area contributed by atoms with Crippen molar-refractivity contribution in [2.45, 2.75) is 18.2 Å². The zero-order valence-corrected chi connectivity index (χ0v) is 17.5. The highest BCUT2D eigenvalue weighted by Gasteiger charge is 2.62. The Labute approximate surface area is 185 Å². The predicted octanol–water partition coefficient (Wildman–Crippen LogP) is 6.40. The van der Waals surface area contributed by atoms with E-state index in [4.69, 9.17) is 39.6 Å². The summed E-state index contributed by atoms with van der Waals surface area (Å²) in [7, 11) is 0. The van der Waals surface area contributed by atoms with Gasteiger partial charge in [0.2, 0.25) is 0 Å². The van der Waals surface area contributed by atoms with E-state index in [-0.39, 0.29) is 33.6 Å². The van der Waals surface area contributed by atoms with Gasteiger partial charge in [-0.1, -0.05) is 52.6 Å². The van der Waals surface area contributed by atoms with Crippen LogP contribution in [-0.4, -0.2) is 24.2 Å². The molecule has 0 fully saturated rings. The summed E-state index contributed by atoms with van der Waals surface area (Å²) < 4.78 is 42.2. The highest BCUT2D eigenvalue weighted by Crippen LogP contribution is 2.49. The lowest BCUT2D eigenvalue weighted by molar-refractivity contribution is -0.275. The molecule has 0 amide bonds. The highest BCUT2D eigenvalue weighted by molar-refractivity contribution is 6.34. The second kappa shape index (κ2) is 8.49. The molecule has 1 aliphatic heterocycles. The minimum Gasteiger partial charge on any atom is -0.376 e. The van der Waals surface area contributed by atoms with Gasteiger partial charge in [-0.2, -0.15) is 13.2 Å². The van der Waals surface area contributed by atoms with E-state index in [1.54, 1.807) is 0 Å². The van der Waals surface area contributed by atoms with Crippen LogP contribution in [0.25, 0.3) is 0 Å². The SMILES string of the molecule is C=CC(=O)CNc1cc(C2=NOC(c3cc(Cl)cc(Cl)c3)(C(F)(F)F)C2)ccc1Cl. The van der Waals surface area contributed by atoms with Crippen LogP contribution >= 0.6 is 34.8 Å². The number of carbonyl (C=O) groups is 1. The predicted molar refractivity (Wildman–Crippen MR) is 112 cm³/mol. The molecule has 0 aliphatic carbocycles. The molecule has 0 saturated carbocycles. The third kappa shape index (κ3) is 4.43. The summed E-state index contributed by atoms with van der Waals surface area (Å²) in [6.07, 6.45) is -4.25. The second-order valence-electron chi connectivity index (χ2n) is 6.51. The molecule has 2 aromatic rings. The lowest BCUT2D eigenvalue weighted by Gasteiger charge is -2.29. The van der Waals surface area contributed by atoms with Gasteiger partial charge in [-0.25, -0.2) is 0 Å². The van der Waals surface area contributed by atoms with Crippen LogP contribution in [0.1, 0.15) is 17.5 Å². The number of hydrogen-bond donors (Lipinski definition) is 1. The second-order valence-corrected chi connectivity index (χ2v) is 7.79. The molecule has 0 bridgehead atoms. The number of halogens is 6. The molecule has 1 heterocycles. The molecule has 4 nitrogen and oxygen atoms in total. The number of carbonyl (C=O) groups excluding carboxylic acids is 1. The van der Waals surface area contributed by atoms with Crippen molar-refractivity contribution in [2.75, 3.05) is 11.9 Å². The summed E-state index contributed by atoms with van der Waals surface area (Å²) in [5, 5.41) is 6.90. The van der Waals surface area contributed by atoms with E-state index in [1.807, 2.05) is 0 Å². The zero-order valence-electron chi connectivity index (χ0n) is 15.2. The van der Waals surface area contributed by atoms with Crippen LogP contribution in [0.5, 0.6) is 0 Å². The van der Waals surface area contributed by atoms with E-state index in [1.165, 1.54) is 24.3 Å². The van der Waals surface area contributed by atoms with Crippen molar-refractivity contribution < 1.29 is 22.8 Å². The average Bonchev–Trinajstić information content (AvgIpc) is 3.13. The Bertz CT molecular complexity index is 1020. The Hall–Kier alpha value is -2.22. The lowest BCUT2D eigenvalue weighted by Crippen LogP contribution is -2.42. The minimum atomic E-state index is -4.80. The standard InChI is InChI=1S/C20H14Cl3F3N2O2/c1-2-15(29)10-27-17-5-11(3-4-16(17)23)18-9-19(30-28-18,20(24,25)26)12-6-13(21)8-14(22)7-12/h2-8,27H,1,9-10H2. The van der Waals surface area contributed by atoms with Gasteiger partial charge in [0.25, 0.3) is 5.60 Å². The molecule has 1 atom stereocenters. The average molecular weight is 478 g/mol. The van der Waals surface area contributed by atoms with Crippen LogP contribution in [0.15, 0.2) is 54.2 Å². The van der Waals surface area contributed by atoms with Crippen LogP contribution in [0.3, 0.4) is 0 Å². The quantitative estimate of drug-likeness (QED) is 0.490. The number of nitrogens with one attached hydrogen (secondary N) is 1. The molecule has 0 saturated heterocycles. The molecule has 0 spiro atoms. The Morgan fingerprint density at radius 2 is 1.87 bits per heavy atom. The Morgan fingerprint density at radius 3 is 2.47 bits per heavy atom. The van der Waals surface area contributed by atoms with Crippen LogP contribution in [0.4, 0.5) is 18.9 Å². The van der Waals surface area contributed by atoms with Crippen molar-refractivity contribution in [2.24, 2.45) is 5.16 Å². The maximum absolute atomic E-state index is 14.1. The van der Waals surface area contributed by atoms with Gasteiger partial charge in [0.1, 0.15) is 0 Å². The fourth-order valence-corrected chi connectivity index (χ4v) is 3.65. The smallest absolute Gasteiger partial charge is 0.376 e. The molecule has 1 unspecified atom stereocenters. The van der Waals surface area contributed by atoms with Gasteiger partial charge in [0.15, 0.2) is 5.78 Å². The van der Waals surface area contributed by atoms with Crippen LogP contribution in [-0.2, 0) is 15.2 Å². The number of nitrogens with zero attached hydrogens (tertiary/aromatic N) is 1. The maximum Gasteiger partial charge on any atom is 0.435 e. The summed E-state index contributed by atoms with van der Waals surface area (Å²) >= 11 is 17.9. The van der Waals surface area contributed by atoms with E-state index >= 15 is 0 Å². The van der Waals surface area contributed by atoms with Crippen molar-refractivity contribution in [3.05, 3.63) is 75.2 Å². The van der Waals surface area contributed by atoms with Crippen molar-refractivity contribution in [1.29, 1.82) is 0 Å². The summed E-state index contributed by atoms with van der Waals surface area (Å²) in [6, 6.07) is 8.13. The van der Waals surface area contributed by atoms with Crippen molar-refractivity contribution in [1.82, 2.24) is 0 Å². The van der Waals surface area contributed by atoms with E-state index in [9.17, 15) is 18.0 Å². The number of rotatable bonds is 6. The van der Waals surface area contributed by atoms with Crippen LogP contribution in [0, 0.1) is 0 Å². The highest BCUT2D eigenvalue weighted by atomic mass is 35.5. The zero-order chi connectivity index (χ0) is 22.1. The molecular weight excluding hydrogens is 464 g/mol. The van der Waals surface area contributed by atoms with Gasteiger partial charge in [-0.15, -0.1) is 0 Å². The minimum absolute atomic E-state index is 0.0445. The summed E-state index contributed by atoms with van der Waals surface area (Å²) in [6.45, 7) is 3.31. The molecule has 158 valence electrons. The summed E-state index contributed by atoms with van der Waals surface area (Å²) in [5.41, 5.74) is -2.22. The molecule has 0 aromatic heterocycles. The van der Waals surface area contributed by atoms with Crippen LogP contribution in [0.2, 0.25) is 15.1 Å². The maximum atomic E-state index is 14.1. The van der Waals surface area contributed by atoms with E-state index in [0.29, 0.717) is 16.3 Å². The van der Waals surface area contributed by atoms with Crippen LogP contribution < -0.4 is 5.32 Å². The van der Waals surface area contributed by atoms with Gasteiger partial charge in [-0.05, 0) is 36.4 Å². The third-order valence-corrected chi connectivity index (χ3v) is 5.26. The molecule has 2 aromatic carbocycles. The first-order valence-electron chi connectivity index (χ1n) is 8.53. The topological polar surface area (TPSA) is 50.7 Å². The molecule has 30 heavy (non-hydrogen) atoms. The third-order valence-electron chi connectivity index (χ3n) is 4.50. The first-order valence-corrected chi connectivity index (χ1v) is 9.66. The Balaban J connectivity index is 1.94. The molecule has 1 aliphatic rings. The largest absolute Gasteiger partial charge is 0.435 e. The lowest BCUT2D eigenvalue weighted by atomic mass is 9.86. The molecule has 1 N–H and O–H groups in total. The molecule has 10 heteroatoms. The summed E-state index contributed by atoms with van der Waals surface area (Å²) in [5.74, 6) is -0.271. The van der Waals surface area contributed by atoms with E-state index in [2.05, 4.69) is 17.1 Å². The van der Waals surface area contributed by atoms with E-state index < -0.39 is 18.2 Å². The van der Waals surface area contributed by atoms with Gasteiger partial charge >= 0.3 is 6.18 Å². The monoisotopic (exact) mass is 476 g/mol. The van der Waals surface area contributed by atoms with Gasteiger partial charge in [0, 0.05) is 27.6 Å². The summed E-state index contributed by atoms with van der Waals surface area (Å²) in [4.78, 5) is 16.4. The molecule has 0 radical (unpaired) electrons. The Kier molecular flexibility index (Phi) is 6.36. The fourth-order valence-electron chi connectivity index (χ4n) is 2.94. The van der Waals surface area contributed by atoms with Crippen molar-refractivity contribution in [3.8, 4) is 0 Å². The fraction of sp³-hybridized carbons (Fsp3) is 0.200. The first-order chi connectivity index (χ1) is 14.1. The normalized spacial score (nSPS) is 18.5. The van der Waals surface area contributed by atoms with Gasteiger partial charge < -0.3 is 10.2 Å². The van der Waals surface area contributed by atoms with Gasteiger partial charge in [-0.3, -0.25) is 4.79 Å². The number of anilines is 1. The number of hydrogen-bond acceptors (Lipinski definition) is 4. The number of alkyl halides is 3.